The lowest BCUT2D eigenvalue weighted by atomic mass is 9.88. The number of H-pyrrole nitrogens is 2. The lowest BCUT2D eigenvalue weighted by Gasteiger charge is -2.33. The van der Waals surface area contributed by atoms with Gasteiger partial charge in [-0.3, -0.25) is 28.4 Å². The Bertz CT molecular complexity index is 1200. The number of nitrogens with two attached hydrogens (primary N) is 1. The summed E-state index contributed by atoms with van der Waals surface area (Å²) in [6.07, 6.45) is -4.77. The van der Waals surface area contributed by atoms with Crippen LogP contribution < -0.4 is 17.0 Å². The number of rotatable bonds is 7. The fourth-order valence-corrected chi connectivity index (χ4v) is 5.68. The topological polar surface area (TPSA) is 218 Å². The number of hydrogen-bond acceptors (Lipinski definition) is 11. The first-order chi connectivity index (χ1) is 14.9. The normalized spacial score (nSPS) is 34.9. The molecule has 6 unspecified atom stereocenters. The molecule has 0 radical (unpaired) electrons. The summed E-state index contributed by atoms with van der Waals surface area (Å²) in [5, 5.41) is 31.2. The lowest BCUT2D eigenvalue weighted by molar-refractivity contribution is -0.0694. The van der Waals surface area contributed by atoms with E-state index in [1.165, 1.54) is 6.92 Å². The third-order valence-corrected chi connectivity index (χ3v) is 8.30. The number of nitrogen functional groups attached to an aromatic ring is 1. The number of aliphatic hydroxyl groups is 3. The fourth-order valence-electron chi connectivity index (χ4n) is 4.01. The number of hydrogen-bond donors (Lipinski definition) is 6. The summed E-state index contributed by atoms with van der Waals surface area (Å²) in [5.41, 5.74) is 0.803. The molecule has 4 rings (SSSR count). The quantitative estimate of drug-likeness (QED) is 0.221. The van der Waals surface area contributed by atoms with Gasteiger partial charge in [-0.1, -0.05) is 13.8 Å². The van der Waals surface area contributed by atoms with Crippen LogP contribution in [0.15, 0.2) is 9.59 Å². The molecule has 32 heavy (non-hydrogen) atoms. The lowest BCUT2D eigenvalue weighted by Crippen LogP contribution is -2.39. The molecule has 0 aromatic carbocycles. The molecular formula is C17H26N5O9P. The number of aliphatic hydroxyl groups excluding tert-OH is 2. The first kappa shape index (κ1) is 23.1. The Hall–Kier alpha value is -2.06. The number of nitrogens with one attached hydrogen (secondary N) is 2. The molecule has 2 fully saturated rings. The van der Waals surface area contributed by atoms with E-state index in [9.17, 15) is 29.5 Å². The molecule has 2 aliphatic rings. The molecule has 0 spiro atoms. The van der Waals surface area contributed by atoms with Crippen molar-refractivity contribution in [2.24, 2.45) is 0 Å². The summed E-state index contributed by atoms with van der Waals surface area (Å²) < 4.78 is 29.9. The van der Waals surface area contributed by atoms with E-state index < -0.39 is 54.5 Å². The van der Waals surface area contributed by atoms with E-state index in [0.717, 1.165) is 4.57 Å². The van der Waals surface area contributed by atoms with Gasteiger partial charge >= 0.3 is 13.3 Å². The van der Waals surface area contributed by atoms with Gasteiger partial charge in [0.05, 0.1) is 11.7 Å². The average molecular weight is 475 g/mol. The van der Waals surface area contributed by atoms with E-state index in [4.69, 9.17) is 19.5 Å². The Labute approximate surface area is 180 Å². The molecule has 0 aliphatic carbocycles. The summed E-state index contributed by atoms with van der Waals surface area (Å²) in [6.45, 7) is 4.77. The molecule has 2 aromatic heterocycles. The standard InChI is InChI=1S/C17H26N5O9P/c1-4-17(5-2,31-32(28)16(3,27)30-32)6-7-9(23)10(24)13(29-7)22-11-8(19-15(22)26)12(25)21-14(18)20-11/h7,9-10,13,23-24,27H,4-6H2,1-3H3,(H,19,26)(H3,18,20,21,25). The molecule has 7 N–H and O–H groups in total. The van der Waals surface area contributed by atoms with E-state index in [1.54, 1.807) is 13.8 Å². The molecule has 2 saturated heterocycles. The van der Waals surface area contributed by atoms with Crippen molar-refractivity contribution in [3.63, 3.8) is 0 Å². The average Bonchev–Trinajstić information content (AvgIpc) is 2.94. The summed E-state index contributed by atoms with van der Waals surface area (Å²) in [5.74, 6) is -0.245. The van der Waals surface area contributed by atoms with Gasteiger partial charge in [0.1, 0.15) is 12.2 Å². The maximum atomic E-state index is 12.6. The zero-order valence-electron chi connectivity index (χ0n) is 17.6. The second-order valence-corrected chi connectivity index (χ2v) is 10.4. The number of anilines is 1. The Kier molecular flexibility index (Phi) is 5.41. The van der Waals surface area contributed by atoms with Crippen molar-refractivity contribution in [1.82, 2.24) is 19.5 Å². The highest BCUT2D eigenvalue weighted by atomic mass is 31.2. The zero-order valence-corrected chi connectivity index (χ0v) is 18.5. The maximum Gasteiger partial charge on any atom is 0.393 e. The van der Waals surface area contributed by atoms with Gasteiger partial charge in [-0.25, -0.2) is 9.36 Å². The maximum absolute atomic E-state index is 12.6. The summed E-state index contributed by atoms with van der Waals surface area (Å²) in [6, 6.07) is 0. The first-order valence-electron chi connectivity index (χ1n) is 10.1. The monoisotopic (exact) mass is 475 g/mol. The van der Waals surface area contributed by atoms with E-state index in [0.29, 0.717) is 12.8 Å². The van der Waals surface area contributed by atoms with Gasteiger partial charge in [0.15, 0.2) is 17.4 Å². The van der Waals surface area contributed by atoms with Gasteiger partial charge < -0.3 is 25.8 Å². The molecule has 0 saturated carbocycles. The van der Waals surface area contributed by atoms with Crippen molar-refractivity contribution in [1.29, 1.82) is 0 Å². The van der Waals surface area contributed by atoms with Gasteiger partial charge in [-0.15, -0.1) is 0 Å². The summed E-state index contributed by atoms with van der Waals surface area (Å²) in [4.78, 5) is 33.1. The third-order valence-electron chi connectivity index (χ3n) is 6.13. The highest BCUT2D eigenvalue weighted by Gasteiger charge is 2.69. The number of nitrogens with zero attached hydrogens (tertiary/aromatic N) is 2. The Morgan fingerprint density at radius 3 is 2.47 bits per heavy atom. The van der Waals surface area contributed by atoms with Crippen molar-refractivity contribution in [3.8, 4) is 0 Å². The van der Waals surface area contributed by atoms with Gasteiger partial charge in [0.2, 0.25) is 5.95 Å². The molecular weight excluding hydrogens is 449 g/mol. The third kappa shape index (κ3) is 3.52. The Morgan fingerprint density at radius 2 is 1.91 bits per heavy atom. The molecule has 0 amide bonds. The van der Waals surface area contributed by atoms with Crippen LogP contribution in [-0.4, -0.2) is 64.3 Å². The van der Waals surface area contributed by atoms with Gasteiger partial charge in [-0.05, 0) is 12.8 Å². The summed E-state index contributed by atoms with van der Waals surface area (Å²) in [7, 11) is -3.75. The fraction of sp³-hybridized carbons (Fsp3) is 0.706. The number of aromatic amines is 2. The van der Waals surface area contributed by atoms with Crippen LogP contribution in [0, 0.1) is 0 Å². The van der Waals surface area contributed by atoms with Gasteiger partial charge in [0, 0.05) is 13.3 Å². The van der Waals surface area contributed by atoms with Crippen LogP contribution >= 0.6 is 7.60 Å². The molecule has 2 aliphatic heterocycles. The molecule has 15 heteroatoms. The van der Waals surface area contributed by atoms with Crippen LogP contribution in [0.2, 0.25) is 0 Å². The molecule has 4 heterocycles. The SMILES string of the molecule is CCC(CC)(CC1OC(n2c(=O)[nH]c3c(=O)[nH]c(N)nc32)C(O)C1O)OP1(=O)OC1(C)O. The largest absolute Gasteiger partial charge is 0.393 e. The highest BCUT2D eigenvalue weighted by molar-refractivity contribution is 7.61. The zero-order chi connectivity index (χ0) is 23.6. The van der Waals surface area contributed by atoms with Crippen molar-refractivity contribution in [2.75, 3.05) is 5.73 Å². The number of ether oxygens (including phenoxy) is 1. The Morgan fingerprint density at radius 1 is 1.28 bits per heavy atom. The minimum absolute atomic E-state index is 0.0224. The number of imidazole rings is 1. The van der Waals surface area contributed by atoms with E-state index in [2.05, 4.69) is 15.0 Å². The number of fused-ring (bicyclic) bond motifs is 1. The van der Waals surface area contributed by atoms with Crippen molar-refractivity contribution in [3.05, 3.63) is 20.8 Å². The molecule has 6 atom stereocenters. The molecule has 178 valence electrons. The minimum Gasteiger partial charge on any atom is -0.388 e. The second kappa shape index (κ2) is 7.48. The van der Waals surface area contributed by atoms with Gasteiger partial charge in [0.25, 0.3) is 11.1 Å². The predicted molar refractivity (Wildman–Crippen MR) is 110 cm³/mol. The van der Waals surface area contributed by atoms with Crippen LogP contribution in [-0.2, 0) is 18.3 Å². The van der Waals surface area contributed by atoms with Crippen LogP contribution in [0.25, 0.3) is 11.2 Å². The Balaban J connectivity index is 1.65. The van der Waals surface area contributed by atoms with Crippen LogP contribution in [0.1, 0.15) is 46.3 Å². The molecule has 2 aromatic rings. The van der Waals surface area contributed by atoms with Crippen molar-refractivity contribution in [2.45, 2.75) is 75.7 Å². The first-order valence-corrected chi connectivity index (χ1v) is 11.7. The molecule has 14 nitrogen and oxygen atoms in total. The summed E-state index contributed by atoms with van der Waals surface area (Å²) >= 11 is 0. The van der Waals surface area contributed by atoms with E-state index in [1.807, 2.05) is 0 Å². The minimum atomic E-state index is -3.75. The highest BCUT2D eigenvalue weighted by Crippen LogP contribution is 2.78. The van der Waals surface area contributed by atoms with Crippen LogP contribution in [0.4, 0.5) is 5.95 Å². The van der Waals surface area contributed by atoms with Crippen molar-refractivity contribution >= 4 is 24.7 Å². The number of aromatic nitrogens is 4. The van der Waals surface area contributed by atoms with Gasteiger partial charge in [-0.2, -0.15) is 4.98 Å². The predicted octanol–water partition coefficient (Wildman–Crippen LogP) is -0.531. The van der Waals surface area contributed by atoms with Crippen LogP contribution in [0.3, 0.4) is 0 Å². The van der Waals surface area contributed by atoms with Crippen LogP contribution in [0.5, 0.6) is 0 Å². The smallest absolute Gasteiger partial charge is 0.388 e. The van der Waals surface area contributed by atoms with Crippen molar-refractivity contribution < 1.29 is 33.7 Å². The van der Waals surface area contributed by atoms with E-state index >= 15 is 0 Å². The van der Waals surface area contributed by atoms with E-state index in [-0.39, 0.29) is 23.5 Å². The molecule has 0 bridgehead atoms. The second-order valence-electron chi connectivity index (χ2n) is 8.20.